The van der Waals surface area contributed by atoms with E-state index in [1.165, 1.54) is 22.8 Å². The van der Waals surface area contributed by atoms with Gasteiger partial charge in [-0.15, -0.1) is 11.3 Å². The molecule has 266 valence electrons. The van der Waals surface area contributed by atoms with Crippen LogP contribution in [0.4, 0.5) is 17.6 Å². The van der Waals surface area contributed by atoms with Crippen molar-refractivity contribution in [2.24, 2.45) is 0 Å². The molecule has 0 atom stereocenters. The van der Waals surface area contributed by atoms with E-state index in [4.69, 9.17) is 11.6 Å². The van der Waals surface area contributed by atoms with Crippen LogP contribution in [0.2, 0.25) is 5.02 Å². The van der Waals surface area contributed by atoms with Gasteiger partial charge in [0.05, 0.1) is 30.0 Å². The van der Waals surface area contributed by atoms with Crippen LogP contribution in [0.1, 0.15) is 58.6 Å². The lowest BCUT2D eigenvalue weighted by Crippen LogP contribution is -2.47. The maximum absolute atomic E-state index is 14.3. The van der Waals surface area contributed by atoms with Gasteiger partial charge < -0.3 is 18.9 Å². The molecule has 5 nitrogen and oxygen atoms in total. The van der Waals surface area contributed by atoms with Crippen LogP contribution >= 0.6 is 22.9 Å². The highest BCUT2D eigenvalue weighted by molar-refractivity contribution is 7.21. The third-order valence-electron chi connectivity index (χ3n) is 9.23. The Bertz CT molecular complexity index is 1930. The van der Waals surface area contributed by atoms with E-state index in [1.54, 1.807) is 4.90 Å². The van der Waals surface area contributed by atoms with Crippen LogP contribution in [-0.2, 0) is 13.1 Å². The molecule has 11 heteroatoms. The number of quaternary nitrogens is 1. The van der Waals surface area contributed by atoms with E-state index in [2.05, 4.69) is 55.4 Å². The van der Waals surface area contributed by atoms with Crippen LogP contribution in [0.15, 0.2) is 72.8 Å². The van der Waals surface area contributed by atoms with Gasteiger partial charge >= 0.3 is 13.2 Å². The number of alkyl halides is 4. The molecule has 4 aromatic carbocycles. The summed E-state index contributed by atoms with van der Waals surface area (Å²) < 4.78 is 63.1. The topological polar surface area (TPSA) is 38.8 Å². The maximum Gasteiger partial charge on any atom is 0.387 e. The van der Waals surface area contributed by atoms with Crippen molar-refractivity contribution >= 4 is 49.7 Å². The number of thiophene rings is 1. The summed E-state index contributed by atoms with van der Waals surface area (Å²) >= 11 is 7.66. The molecule has 0 saturated carbocycles. The van der Waals surface area contributed by atoms with Gasteiger partial charge in [-0.2, -0.15) is 17.6 Å². The molecule has 0 saturated heterocycles. The van der Waals surface area contributed by atoms with Gasteiger partial charge in [0.2, 0.25) is 0 Å². The second-order valence-corrected chi connectivity index (χ2v) is 14.2. The molecule has 0 unspecified atom stereocenters. The third kappa shape index (κ3) is 9.08. The van der Waals surface area contributed by atoms with Crippen LogP contribution < -0.4 is 9.47 Å². The smallest absolute Gasteiger partial charge is 0.387 e. The number of ether oxygens (including phenoxy) is 2. The summed E-state index contributed by atoms with van der Waals surface area (Å²) in [6.45, 7) is 6.77. The van der Waals surface area contributed by atoms with Crippen molar-refractivity contribution in [3.63, 3.8) is 0 Å². The second-order valence-electron chi connectivity index (χ2n) is 12.8. The summed E-state index contributed by atoms with van der Waals surface area (Å²) in [6.07, 6.45) is 1.59. The van der Waals surface area contributed by atoms with E-state index >= 15 is 0 Å². The second kappa shape index (κ2) is 16.4. The summed E-state index contributed by atoms with van der Waals surface area (Å²) in [6, 6.07) is 22.9. The number of carbonyl (C=O) groups is 1. The van der Waals surface area contributed by atoms with E-state index in [1.807, 2.05) is 42.5 Å². The number of rotatable bonds is 16. The molecule has 0 aliphatic heterocycles. The van der Waals surface area contributed by atoms with Gasteiger partial charge in [0.15, 0.2) is 0 Å². The Balaban J connectivity index is 1.42. The molecule has 0 aliphatic carbocycles. The quantitative estimate of drug-likeness (QED) is 0.0577. The van der Waals surface area contributed by atoms with E-state index in [9.17, 15) is 22.4 Å². The first-order chi connectivity index (χ1) is 23.9. The number of carbonyl (C=O) groups excluding carboxylic acids is 1. The summed E-state index contributed by atoms with van der Waals surface area (Å²) in [5.74, 6) is -1.19. The van der Waals surface area contributed by atoms with Crippen LogP contribution in [0, 0.1) is 13.8 Å². The average molecular weight is 730 g/mol. The standard InChI is InChI=1S/C39H42ClF4N2O3S/c1-5-46(6-2,24-28-18-25(3)17-26(4)19-28)16-10-9-15-45(23-27-13-14-29-11-7-8-12-30(29)20-27)37(47)36-35(40)34-32(49-39(43)44)21-31(48-38(41)42)22-33(34)50-36/h7-8,11-14,17-22,38-39H,5-6,9-10,15-16,23-24H2,1-4H3/q+1. The predicted molar refractivity (Wildman–Crippen MR) is 194 cm³/mol. The van der Waals surface area contributed by atoms with Crippen LogP contribution in [0.3, 0.4) is 0 Å². The summed E-state index contributed by atoms with van der Waals surface area (Å²) in [5, 5.41) is 2.09. The summed E-state index contributed by atoms with van der Waals surface area (Å²) in [7, 11) is 0. The molecule has 0 aliphatic rings. The minimum Gasteiger partial charge on any atom is -0.435 e. The molecule has 0 spiro atoms. The minimum absolute atomic E-state index is 0.0481. The first kappa shape index (κ1) is 37.4. The van der Waals surface area contributed by atoms with Crippen molar-refractivity contribution < 1.29 is 36.3 Å². The molecule has 1 heterocycles. The monoisotopic (exact) mass is 729 g/mol. The first-order valence-corrected chi connectivity index (χ1v) is 17.9. The number of nitrogens with zero attached hydrogens (tertiary/aromatic N) is 2. The van der Waals surface area contributed by atoms with Crippen LogP contribution in [-0.4, -0.2) is 54.7 Å². The number of hydrogen-bond acceptors (Lipinski definition) is 4. The number of amides is 1. The van der Waals surface area contributed by atoms with Gasteiger partial charge in [-0.3, -0.25) is 4.79 Å². The summed E-state index contributed by atoms with van der Waals surface area (Å²) in [4.78, 5) is 16.1. The highest BCUT2D eigenvalue weighted by atomic mass is 35.5. The van der Waals surface area contributed by atoms with Gasteiger partial charge in [-0.05, 0) is 69.0 Å². The third-order valence-corrected chi connectivity index (χ3v) is 10.8. The van der Waals surface area contributed by atoms with Crippen molar-refractivity contribution in [2.75, 3.05) is 26.2 Å². The zero-order chi connectivity index (χ0) is 36.0. The van der Waals surface area contributed by atoms with Crippen molar-refractivity contribution in [2.45, 2.75) is 66.8 Å². The van der Waals surface area contributed by atoms with Gasteiger partial charge in [-0.1, -0.05) is 77.3 Å². The van der Waals surface area contributed by atoms with E-state index in [-0.39, 0.29) is 31.6 Å². The fourth-order valence-electron chi connectivity index (χ4n) is 6.72. The summed E-state index contributed by atoms with van der Waals surface area (Å²) in [5.41, 5.74) is 4.74. The molecule has 5 aromatic rings. The zero-order valence-corrected chi connectivity index (χ0v) is 30.2. The van der Waals surface area contributed by atoms with Crippen LogP contribution in [0.25, 0.3) is 20.9 Å². The molecule has 50 heavy (non-hydrogen) atoms. The Hall–Kier alpha value is -3.86. The van der Waals surface area contributed by atoms with Crippen molar-refractivity contribution in [1.29, 1.82) is 0 Å². The Morgan fingerprint density at radius 1 is 0.840 bits per heavy atom. The molecule has 5 rings (SSSR count). The SMILES string of the molecule is CC[N+](CC)(CCCCN(Cc1ccc2ccccc2c1)C(=O)c1sc2cc(OC(F)F)cc(OC(F)F)c2c1Cl)Cc1cc(C)cc(C)c1. The van der Waals surface area contributed by atoms with E-state index in [0.717, 1.165) is 77.2 Å². The predicted octanol–water partition coefficient (Wildman–Crippen LogP) is 11.0. The molecule has 1 amide bonds. The largest absolute Gasteiger partial charge is 0.435 e. The van der Waals surface area contributed by atoms with Gasteiger partial charge in [0, 0.05) is 29.4 Å². The lowest BCUT2D eigenvalue weighted by Gasteiger charge is -2.37. The van der Waals surface area contributed by atoms with Gasteiger partial charge in [-0.25, -0.2) is 0 Å². The average Bonchev–Trinajstić information content (AvgIpc) is 3.40. The first-order valence-electron chi connectivity index (χ1n) is 16.7. The lowest BCUT2D eigenvalue weighted by molar-refractivity contribution is -0.938. The highest BCUT2D eigenvalue weighted by Gasteiger charge is 2.28. The normalized spacial score (nSPS) is 12.0. The zero-order valence-electron chi connectivity index (χ0n) is 28.7. The van der Waals surface area contributed by atoms with Gasteiger partial charge in [0.1, 0.15) is 22.9 Å². The Labute approximate surface area is 299 Å². The number of halogens is 5. The molecule has 0 fully saturated rings. The highest BCUT2D eigenvalue weighted by Crippen LogP contribution is 2.44. The van der Waals surface area contributed by atoms with E-state index < -0.39 is 19.0 Å². The van der Waals surface area contributed by atoms with Crippen molar-refractivity contribution in [1.82, 2.24) is 4.90 Å². The Morgan fingerprint density at radius 3 is 2.18 bits per heavy atom. The number of fused-ring (bicyclic) bond motifs is 2. The number of benzene rings is 4. The molecule has 0 N–H and O–H groups in total. The minimum atomic E-state index is -3.24. The molecule has 0 bridgehead atoms. The maximum atomic E-state index is 14.3. The number of aryl methyl sites for hydroxylation is 2. The fraction of sp³-hybridized carbons (Fsp3) is 0.359. The van der Waals surface area contributed by atoms with Crippen LogP contribution in [0.5, 0.6) is 11.5 Å². The lowest BCUT2D eigenvalue weighted by atomic mass is 10.1. The molecular weight excluding hydrogens is 688 g/mol. The molecule has 0 radical (unpaired) electrons. The molecule has 1 aromatic heterocycles. The number of hydrogen-bond donors (Lipinski definition) is 0. The fourth-order valence-corrected chi connectivity index (χ4v) is 8.28. The van der Waals surface area contributed by atoms with Crippen molar-refractivity contribution in [3.8, 4) is 11.5 Å². The van der Waals surface area contributed by atoms with Gasteiger partial charge in [0.25, 0.3) is 5.91 Å². The number of unbranched alkanes of at least 4 members (excludes halogenated alkanes) is 1. The Morgan fingerprint density at radius 2 is 1.52 bits per heavy atom. The molecular formula is C39H42ClF4N2O3S+. The Kier molecular flexibility index (Phi) is 12.3. The van der Waals surface area contributed by atoms with Crippen molar-refractivity contribution in [3.05, 3.63) is 105 Å². The van der Waals surface area contributed by atoms with E-state index in [0.29, 0.717) is 13.1 Å².